The van der Waals surface area contributed by atoms with E-state index in [2.05, 4.69) is 69.0 Å². The van der Waals surface area contributed by atoms with Gasteiger partial charge in [-0.2, -0.15) is 0 Å². The number of benzene rings is 1. The van der Waals surface area contributed by atoms with Crippen LogP contribution in [0.3, 0.4) is 0 Å². The topological polar surface area (TPSA) is 0 Å². The second-order valence-corrected chi connectivity index (χ2v) is 5.34. The third-order valence-corrected chi connectivity index (χ3v) is 3.72. The molecule has 0 heterocycles. The normalized spacial score (nSPS) is 19.2. The van der Waals surface area contributed by atoms with Crippen molar-refractivity contribution in [2.45, 2.75) is 26.2 Å². The summed E-state index contributed by atoms with van der Waals surface area (Å²) in [5.74, 6) is 0. The first-order valence-electron chi connectivity index (χ1n) is 6.07. The summed E-state index contributed by atoms with van der Waals surface area (Å²) in [4.78, 5) is 0. The second kappa shape index (κ2) is 3.35. The summed E-state index contributed by atoms with van der Waals surface area (Å²) in [6.45, 7) is 6.71. The van der Waals surface area contributed by atoms with Gasteiger partial charge in [0.15, 0.2) is 0 Å². The van der Waals surface area contributed by atoms with Crippen LogP contribution in [0.15, 0.2) is 53.8 Å². The predicted molar refractivity (Wildman–Crippen MR) is 72.9 cm³/mol. The lowest BCUT2D eigenvalue weighted by atomic mass is 9.71. The fraction of sp³-hybridized carbons (Fsp3) is 0.235. The molecule has 1 aromatic carbocycles. The van der Waals surface area contributed by atoms with Gasteiger partial charge in [0.25, 0.3) is 0 Å². The van der Waals surface area contributed by atoms with Crippen molar-refractivity contribution in [2.75, 3.05) is 0 Å². The van der Waals surface area contributed by atoms with Crippen LogP contribution in [-0.2, 0) is 5.41 Å². The number of allylic oxidation sites excluding steroid dienone is 5. The van der Waals surface area contributed by atoms with Gasteiger partial charge in [0.05, 0.1) is 0 Å². The molecule has 0 aromatic heterocycles. The molecule has 1 aromatic rings. The molecule has 0 aliphatic heterocycles. The van der Waals surface area contributed by atoms with Gasteiger partial charge in [0.1, 0.15) is 0 Å². The third-order valence-electron chi connectivity index (χ3n) is 3.72. The van der Waals surface area contributed by atoms with Crippen molar-refractivity contribution in [2.24, 2.45) is 0 Å². The Labute approximate surface area is 103 Å². The quantitative estimate of drug-likeness (QED) is 0.571. The molecule has 0 heteroatoms. The molecule has 0 unspecified atom stereocenters. The molecule has 0 spiro atoms. The summed E-state index contributed by atoms with van der Waals surface area (Å²) in [6, 6.07) is 6.71. The van der Waals surface area contributed by atoms with Crippen LogP contribution >= 0.6 is 0 Å². The first-order chi connectivity index (χ1) is 8.09. The number of fused-ring (bicyclic) bond motifs is 2. The Hall–Kier alpha value is -1.78. The van der Waals surface area contributed by atoms with E-state index in [1.165, 1.54) is 27.8 Å². The van der Waals surface area contributed by atoms with Gasteiger partial charge in [-0.1, -0.05) is 55.8 Å². The maximum Gasteiger partial charge on any atom is 0.0243 e. The lowest BCUT2D eigenvalue weighted by molar-refractivity contribution is 0.635. The summed E-state index contributed by atoms with van der Waals surface area (Å²) in [5.41, 5.74) is 10.1. The van der Waals surface area contributed by atoms with E-state index in [1.807, 2.05) is 0 Å². The zero-order valence-corrected chi connectivity index (χ0v) is 10.5. The van der Waals surface area contributed by atoms with Gasteiger partial charge in [0, 0.05) is 16.6 Å². The molecule has 0 amide bonds. The molecule has 3 rings (SSSR count). The van der Waals surface area contributed by atoms with Gasteiger partial charge in [-0.3, -0.25) is 0 Å². The van der Waals surface area contributed by atoms with Crippen LogP contribution in [-0.4, -0.2) is 0 Å². The Bertz CT molecular complexity index is 615. The average Bonchev–Trinajstić information content (AvgIpc) is 2.52. The van der Waals surface area contributed by atoms with Gasteiger partial charge in [-0.05, 0) is 24.1 Å². The van der Waals surface area contributed by atoms with Gasteiger partial charge >= 0.3 is 0 Å². The van der Waals surface area contributed by atoms with Crippen molar-refractivity contribution in [1.29, 1.82) is 0 Å². The molecular weight excluding hydrogens is 204 g/mol. The number of hydrogen-bond acceptors (Lipinski definition) is 0. The molecule has 84 valence electrons. The highest BCUT2D eigenvalue weighted by Gasteiger charge is 2.30. The number of aryl methyl sites for hydroxylation is 1. The van der Waals surface area contributed by atoms with E-state index in [-0.39, 0.29) is 5.41 Å². The summed E-state index contributed by atoms with van der Waals surface area (Å²) >= 11 is 0. The highest BCUT2D eigenvalue weighted by Crippen LogP contribution is 2.41. The summed E-state index contributed by atoms with van der Waals surface area (Å²) in [5, 5.41) is 0. The maximum absolute atomic E-state index is 3.54. The van der Waals surface area contributed by atoms with Crippen molar-refractivity contribution in [3.63, 3.8) is 0 Å². The molecule has 0 radical (unpaired) electrons. The second-order valence-electron chi connectivity index (χ2n) is 5.34. The average molecular weight is 220 g/mol. The summed E-state index contributed by atoms with van der Waals surface area (Å²) in [6.07, 6.45) is 8.53. The number of hydrogen-bond donors (Lipinski definition) is 0. The van der Waals surface area contributed by atoms with Crippen LogP contribution < -0.4 is 0 Å². The first-order valence-corrected chi connectivity index (χ1v) is 6.07. The van der Waals surface area contributed by atoms with E-state index in [0.29, 0.717) is 0 Å². The third kappa shape index (κ3) is 1.45. The molecule has 0 saturated heterocycles. The lowest BCUT2D eigenvalue weighted by Crippen LogP contribution is -2.23. The van der Waals surface area contributed by atoms with Crippen LogP contribution in [0.25, 0.3) is 5.57 Å². The lowest BCUT2D eigenvalue weighted by Gasteiger charge is -2.31. The highest BCUT2D eigenvalue weighted by molar-refractivity contribution is 5.81. The molecule has 2 bridgehead atoms. The molecule has 0 saturated carbocycles. The molecule has 17 heavy (non-hydrogen) atoms. The predicted octanol–water partition coefficient (Wildman–Crippen LogP) is 4.32. The largest absolute Gasteiger partial charge is 0.108 e. The van der Waals surface area contributed by atoms with E-state index in [0.717, 1.165) is 0 Å². The van der Waals surface area contributed by atoms with Gasteiger partial charge < -0.3 is 0 Å². The first kappa shape index (κ1) is 10.4. The molecule has 0 N–H and O–H groups in total. The summed E-state index contributed by atoms with van der Waals surface area (Å²) < 4.78 is 0. The minimum Gasteiger partial charge on any atom is -0.108 e. The zero-order valence-electron chi connectivity index (χ0n) is 10.5. The van der Waals surface area contributed by atoms with Crippen molar-refractivity contribution >= 4 is 5.57 Å². The van der Waals surface area contributed by atoms with Gasteiger partial charge in [0.2, 0.25) is 0 Å². The van der Waals surface area contributed by atoms with Crippen molar-refractivity contribution in [1.82, 2.24) is 0 Å². The SMILES string of the molecule is Cc1ccc2c(c1)C(C)(C)C1=C=C2C=CC=C1. The fourth-order valence-corrected chi connectivity index (χ4v) is 2.61. The Morgan fingerprint density at radius 2 is 1.82 bits per heavy atom. The van der Waals surface area contributed by atoms with E-state index < -0.39 is 0 Å². The van der Waals surface area contributed by atoms with E-state index in [4.69, 9.17) is 0 Å². The molecular formula is C17H16. The van der Waals surface area contributed by atoms with E-state index in [9.17, 15) is 0 Å². The number of rotatable bonds is 0. The maximum atomic E-state index is 3.54. The van der Waals surface area contributed by atoms with Crippen LogP contribution in [0.2, 0.25) is 0 Å². The minimum atomic E-state index is 0.0490. The molecule has 2 aliphatic carbocycles. The molecule has 0 nitrogen and oxygen atoms in total. The van der Waals surface area contributed by atoms with Crippen LogP contribution in [0.5, 0.6) is 0 Å². The van der Waals surface area contributed by atoms with Crippen LogP contribution in [0.4, 0.5) is 0 Å². The Balaban J connectivity index is 2.38. The van der Waals surface area contributed by atoms with Crippen molar-refractivity contribution in [3.8, 4) is 0 Å². The standard InChI is InChI=1S/C17H16/c1-12-8-9-15-13-6-4-5-7-14(11-13)17(2,3)16(15)10-12/h4-10H,1-3H3. The molecule has 0 atom stereocenters. The van der Waals surface area contributed by atoms with Gasteiger partial charge in [-0.25, -0.2) is 0 Å². The fourth-order valence-electron chi connectivity index (χ4n) is 2.61. The zero-order chi connectivity index (χ0) is 12.0. The summed E-state index contributed by atoms with van der Waals surface area (Å²) in [7, 11) is 0. The molecule has 2 aliphatic rings. The van der Waals surface area contributed by atoms with E-state index in [1.54, 1.807) is 0 Å². The van der Waals surface area contributed by atoms with Crippen LogP contribution in [0.1, 0.15) is 30.5 Å². The molecule has 0 fully saturated rings. The smallest absolute Gasteiger partial charge is 0.0243 e. The highest BCUT2D eigenvalue weighted by atomic mass is 14.3. The monoisotopic (exact) mass is 220 g/mol. The van der Waals surface area contributed by atoms with Gasteiger partial charge in [-0.15, -0.1) is 5.73 Å². The van der Waals surface area contributed by atoms with Crippen molar-refractivity contribution in [3.05, 3.63) is 70.5 Å². The minimum absolute atomic E-state index is 0.0490. The Morgan fingerprint density at radius 3 is 2.65 bits per heavy atom. The van der Waals surface area contributed by atoms with Crippen molar-refractivity contribution < 1.29 is 0 Å². The Kier molecular flexibility index (Phi) is 2.05. The Morgan fingerprint density at radius 1 is 1.06 bits per heavy atom. The van der Waals surface area contributed by atoms with Crippen LogP contribution in [0, 0.1) is 6.92 Å². The van der Waals surface area contributed by atoms with E-state index >= 15 is 0 Å².